The SMILES string of the molecule is O=C(O)CCNC(=O)CC(O)CCCO. The van der Waals surface area contributed by atoms with Gasteiger partial charge in [0, 0.05) is 13.2 Å². The molecule has 0 saturated heterocycles. The van der Waals surface area contributed by atoms with Gasteiger partial charge >= 0.3 is 5.97 Å². The highest BCUT2D eigenvalue weighted by molar-refractivity contribution is 5.77. The number of aliphatic carboxylic acids is 1. The van der Waals surface area contributed by atoms with Crippen molar-refractivity contribution in [2.24, 2.45) is 0 Å². The van der Waals surface area contributed by atoms with Crippen LogP contribution in [0, 0.1) is 0 Å². The van der Waals surface area contributed by atoms with E-state index in [1.807, 2.05) is 0 Å². The first-order valence-electron chi connectivity index (χ1n) is 4.83. The first kappa shape index (κ1) is 13.9. The predicted octanol–water partition coefficient (Wildman–Crippen LogP) is -0.899. The quantitative estimate of drug-likeness (QED) is 0.423. The van der Waals surface area contributed by atoms with Crippen LogP contribution in [-0.2, 0) is 9.59 Å². The summed E-state index contributed by atoms with van der Waals surface area (Å²) in [5, 5.41) is 28.4. The number of carbonyl (C=O) groups excluding carboxylic acids is 1. The Balaban J connectivity index is 3.50. The van der Waals surface area contributed by atoms with Crippen LogP contribution in [0.1, 0.15) is 25.7 Å². The summed E-state index contributed by atoms with van der Waals surface area (Å²) in [7, 11) is 0. The van der Waals surface area contributed by atoms with Crippen molar-refractivity contribution in [2.75, 3.05) is 13.2 Å². The summed E-state index contributed by atoms with van der Waals surface area (Å²) in [4.78, 5) is 21.2. The highest BCUT2D eigenvalue weighted by Crippen LogP contribution is 2.00. The number of amides is 1. The molecule has 1 amide bonds. The van der Waals surface area contributed by atoms with Crippen LogP contribution < -0.4 is 5.32 Å². The monoisotopic (exact) mass is 219 g/mol. The van der Waals surface area contributed by atoms with E-state index >= 15 is 0 Å². The third-order valence-electron chi connectivity index (χ3n) is 1.78. The minimum atomic E-state index is -0.976. The van der Waals surface area contributed by atoms with Crippen LogP contribution in [-0.4, -0.2) is 46.5 Å². The predicted molar refractivity (Wildman–Crippen MR) is 52.2 cm³/mol. The van der Waals surface area contributed by atoms with Crippen LogP contribution >= 0.6 is 0 Å². The van der Waals surface area contributed by atoms with Gasteiger partial charge in [-0.2, -0.15) is 0 Å². The van der Waals surface area contributed by atoms with Gasteiger partial charge in [-0.15, -0.1) is 0 Å². The molecule has 0 spiro atoms. The number of nitrogens with one attached hydrogen (secondary N) is 1. The fraction of sp³-hybridized carbons (Fsp3) is 0.778. The Labute approximate surface area is 87.9 Å². The van der Waals surface area contributed by atoms with Gasteiger partial charge in [-0.3, -0.25) is 9.59 Å². The molecule has 0 heterocycles. The molecule has 0 aromatic carbocycles. The second-order valence-electron chi connectivity index (χ2n) is 3.22. The van der Waals surface area contributed by atoms with Crippen molar-refractivity contribution in [3.8, 4) is 0 Å². The molecule has 0 bridgehead atoms. The highest BCUT2D eigenvalue weighted by atomic mass is 16.4. The van der Waals surface area contributed by atoms with Crippen LogP contribution in [0.3, 0.4) is 0 Å². The lowest BCUT2D eigenvalue weighted by atomic mass is 10.1. The Morgan fingerprint density at radius 1 is 1.33 bits per heavy atom. The second kappa shape index (κ2) is 8.19. The summed E-state index contributed by atoms with van der Waals surface area (Å²) >= 11 is 0. The largest absolute Gasteiger partial charge is 0.481 e. The van der Waals surface area contributed by atoms with Crippen molar-refractivity contribution in [2.45, 2.75) is 31.8 Å². The first-order valence-corrected chi connectivity index (χ1v) is 4.83. The van der Waals surface area contributed by atoms with Gasteiger partial charge in [0.15, 0.2) is 0 Å². The van der Waals surface area contributed by atoms with Crippen molar-refractivity contribution in [1.82, 2.24) is 5.32 Å². The molecule has 0 rings (SSSR count). The maximum Gasteiger partial charge on any atom is 0.305 e. The van der Waals surface area contributed by atoms with E-state index in [1.165, 1.54) is 0 Å². The van der Waals surface area contributed by atoms with E-state index in [1.54, 1.807) is 0 Å². The zero-order valence-corrected chi connectivity index (χ0v) is 8.48. The van der Waals surface area contributed by atoms with Crippen molar-refractivity contribution >= 4 is 11.9 Å². The molecule has 1 atom stereocenters. The van der Waals surface area contributed by atoms with E-state index in [0.29, 0.717) is 12.8 Å². The zero-order chi connectivity index (χ0) is 11.7. The van der Waals surface area contributed by atoms with Crippen LogP contribution in [0.15, 0.2) is 0 Å². The van der Waals surface area contributed by atoms with E-state index in [4.69, 9.17) is 10.2 Å². The third kappa shape index (κ3) is 9.17. The average molecular weight is 219 g/mol. The summed E-state index contributed by atoms with van der Waals surface area (Å²) in [6.07, 6.45) is -0.146. The van der Waals surface area contributed by atoms with E-state index < -0.39 is 12.1 Å². The smallest absolute Gasteiger partial charge is 0.305 e. The normalized spacial score (nSPS) is 12.1. The number of rotatable bonds is 8. The Hall–Kier alpha value is -1.14. The van der Waals surface area contributed by atoms with Crippen LogP contribution in [0.25, 0.3) is 0 Å². The Morgan fingerprint density at radius 2 is 2.00 bits per heavy atom. The van der Waals surface area contributed by atoms with Gasteiger partial charge in [-0.1, -0.05) is 0 Å². The molecule has 0 fully saturated rings. The molecule has 6 nitrogen and oxygen atoms in total. The standard InChI is InChI=1S/C9H17NO5/c11-5-1-2-7(12)6-8(13)10-4-3-9(14)15/h7,11-12H,1-6H2,(H,10,13)(H,14,15). The Kier molecular flexibility index (Phi) is 7.57. The van der Waals surface area contributed by atoms with Gasteiger partial charge in [0.2, 0.25) is 5.91 Å². The minimum absolute atomic E-state index is 0.0162. The van der Waals surface area contributed by atoms with Crippen LogP contribution in [0.4, 0.5) is 0 Å². The maximum absolute atomic E-state index is 11.1. The summed E-state index contributed by atoms with van der Waals surface area (Å²) in [5.74, 6) is -1.35. The van der Waals surface area contributed by atoms with E-state index in [0.717, 1.165) is 0 Å². The fourth-order valence-electron chi connectivity index (χ4n) is 1.02. The lowest BCUT2D eigenvalue weighted by Crippen LogP contribution is -2.29. The van der Waals surface area contributed by atoms with Gasteiger partial charge in [0.1, 0.15) is 0 Å². The maximum atomic E-state index is 11.1. The number of carboxylic acid groups (broad SMARTS) is 1. The van der Waals surface area contributed by atoms with Crippen LogP contribution in [0.2, 0.25) is 0 Å². The van der Waals surface area contributed by atoms with Crippen molar-refractivity contribution in [3.63, 3.8) is 0 Å². The van der Waals surface area contributed by atoms with Gasteiger partial charge < -0.3 is 20.6 Å². The molecule has 0 aliphatic carbocycles. The van der Waals surface area contributed by atoms with E-state index in [9.17, 15) is 14.7 Å². The van der Waals surface area contributed by atoms with Gasteiger partial charge in [-0.05, 0) is 12.8 Å². The Morgan fingerprint density at radius 3 is 2.53 bits per heavy atom. The molecule has 0 aliphatic heterocycles. The number of hydrogen-bond donors (Lipinski definition) is 4. The number of aliphatic hydroxyl groups is 2. The van der Waals surface area contributed by atoms with E-state index in [2.05, 4.69) is 5.32 Å². The molecule has 0 saturated carbocycles. The summed E-state index contributed by atoms with van der Waals surface area (Å²) < 4.78 is 0. The second-order valence-corrected chi connectivity index (χ2v) is 3.22. The van der Waals surface area contributed by atoms with Gasteiger partial charge in [-0.25, -0.2) is 0 Å². The molecule has 0 radical (unpaired) electrons. The van der Waals surface area contributed by atoms with Gasteiger partial charge in [0.25, 0.3) is 0 Å². The molecule has 0 aromatic rings. The molecular formula is C9H17NO5. The fourth-order valence-corrected chi connectivity index (χ4v) is 1.02. The van der Waals surface area contributed by atoms with E-state index in [-0.39, 0.29) is 31.9 Å². The molecule has 88 valence electrons. The summed E-state index contributed by atoms with van der Waals surface area (Å²) in [5.41, 5.74) is 0. The number of aliphatic hydroxyl groups excluding tert-OH is 2. The number of hydrogen-bond acceptors (Lipinski definition) is 4. The lowest BCUT2D eigenvalue weighted by molar-refractivity contribution is -0.136. The topological polar surface area (TPSA) is 107 Å². The molecule has 1 unspecified atom stereocenters. The highest BCUT2D eigenvalue weighted by Gasteiger charge is 2.10. The summed E-state index contributed by atoms with van der Waals surface area (Å²) in [6.45, 7) is 0.0541. The zero-order valence-electron chi connectivity index (χ0n) is 8.48. The molecule has 0 aromatic heterocycles. The van der Waals surface area contributed by atoms with Crippen molar-refractivity contribution < 1.29 is 24.9 Å². The van der Waals surface area contributed by atoms with Gasteiger partial charge in [0.05, 0.1) is 18.9 Å². The summed E-state index contributed by atoms with van der Waals surface area (Å²) in [6, 6.07) is 0. The number of carboxylic acids is 1. The van der Waals surface area contributed by atoms with Crippen LogP contribution in [0.5, 0.6) is 0 Å². The molecular weight excluding hydrogens is 202 g/mol. The average Bonchev–Trinajstić information content (AvgIpc) is 2.14. The lowest BCUT2D eigenvalue weighted by Gasteiger charge is -2.09. The first-order chi connectivity index (χ1) is 7.06. The molecule has 6 heteroatoms. The van der Waals surface area contributed by atoms with Crippen molar-refractivity contribution in [3.05, 3.63) is 0 Å². The third-order valence-corrected chi connectivity index (χ3v) is 1.78. The molecule has 0 aliphatic rings. The molecule has 15 heavy (non-hydrogen) atoms. The molecule has 4 N–H and O–H groups in total. The van der Waals surface area contributed by atoms with Crippen molar-refractivity contribution in [1.29, 1.82) is 0 Å². The minimum Gasteiger partial charge on any atom is -0.481 e. The Bertz CT molecular complexity index is 207. The number of carbonyl (C=O) groups is 2.